The van der Waals surface area contributed by atoms with E-state index in [0.29, 0.717) is 5.69 Å². The highest BCUT2D eigenvalue weighted by Crippen LogP contribution is 2.29. The van der Waals surface area contributed by atoms with Crippen molar-refractivity contribution in [1.82, 2.24) is 4.57 Å². The molecule has 1 aromatic rings. The molecule has 0 unspecified atom stereocenters. The van der Waals surface area contributed by atoms with Crippen LogP contribution >= 0.6 is 0 Å². The first-order valence-electron chi connectivity index (χ1n) is 6.57. The van der Waals surface area contributed by atoms with Gasteiger partial charge in [0.1, 0.15) is 5.56 Å². The fourth-order valence-corrected chi connectivity index (χ4v) is 2.49. The molecule has 0 spiro atoms. The van der Waals surface area contributed by atoms with E-state index in [-0.39, 0.29) is 12.1 Å². The van der Waals surface area contributed by atoms with Gasteiger partial charge >= 0.3 is 6.18 Å². The minimum absolute atomic E-state index is 0.105. The number of rotatable bonds is 2. The van der Waals surface area contributed by atoms with Crippen molar-refractivity contribution in [1.29, 1.82) is 0 Å². The Morgan fingerprint density at radius 1 is 1.30 bits per heavy atom. The highest BCUT2D eigenvalue weighted by molar-refractivity contribution is 5.45. The maximum atomic E-state index is 12.8. The zero-order valence-electron chi connectivity index (χ0n) is 11.2. The Morgan fingerprint density at radius 3 is 2.45 bits per heavy atom. The van der Waals surface area contributed by atoms with Gasteiger partial charge in [0.05, 0.1) is 5.69 Å². The topological polar surface area (TPSA) is 60.1 Å². The Bertz CT molecular complexity index is 531. The number of aromatic nitrogens is 1. The second-order valence-corrected chi connectivity index (χ2v) is 5.31. The lowest BCUT2D eigenvalue weighted by Gasteiger charge is -2.28. The van der Waals surface area contributed by atoms with E-state index in [1.165, 1.54) is 13.2 Å². The number of hydrogen-bond acceptors (Lipinski definition) is 3. The summed E-state index contributed by atoms with van der Waals surface area (Å²) < 4.78 is 39.3. The van der Waals surface area contributed by atoms with E-state index in [0.717, 1.165) is 36.3 Å². The molecule has 1 heterocycles. The van der Waals surface area contributed by atoms with Gasteiger partial charge in [0.2, 0.25) is 0 Å². The van der Waals surface area contributed by atoms with Crippen LogP contribution in [0.15, 0.2) is 17.1 Å². The van der Waals surface area contributed by atoms with Gasteiger partial charge in [-0.05, 0) is 31.7 Å². The largest absolute Gasteiger partial charge is 0.421 e. The first-order chi connectivity index (χ1) is 9.27. The molecule has 20 heavy (non-hydrogen) atoms. The molecule has 0 amide bonds. The van der Waals surface area contributed by atoms with Gasteiger partial charge < -0.3 is 15.6 Å². The van der Waals surface area contributed by atoms with Crippen molar-refractivity contribution in [3.05, 3.63) is 28.2 Å². The summed E-state index contributed by atoms with van der Waals surface area (Å²) in [6, 6.07) is 1.17. The van der Waals surface area contributed by atoms with Crippen LogP contribution in [0.3, 0.4) is 0 Å². The highest BCUT2D eigenvalue weighted by Gasteiger charge is 2.35. The average Bonchev–Trinajstić information content (AvgIpc) is 2.35. The number of pyridine rings is 1. The van der Waals surface area contributed by atoms with E-state index < -0.39 is 17.3 Å². The van der Waals surface area contributed by atoms with Gasteiger partial charge in [-0.25, -0.2) is 0 Å². The van der Waals surface area contributed by atoms with Crippen LogP contribution in [-0.4, -0.2) is 16.7 Å². The van der Waals surface area contributed by atoms with Crippen molar-refractivity contribution < 1.29 is 13.2 Å². The molecule has 1 saturated carbocycles. The van der Waals surface area contributed by atoms with Gasteiger partial charge in [0.15, 0.2) is 0 Å². The molecule has 4 nitrogen and oxygen atoms in total. The van der Waals surface area contributed by atoms with E-state index >= 15 is 0 Å². The molecule has 0 radical (unpaired) electrons. The summed E-state index contributed by atoms with van der Waals surface area (Å²) in [6.07, 6.45) is 0.120. The van der Waals surface area contributed by atoms with Gasteiger partial charge in [-0.1, -0.05) is 0 Å². The molecule has 3 N–H and O–H groups in total. The first kappa shape index (κ1) is 14.9. The summed E-state index contributed by atoms with van der Waals surface area (Å²) in [5, 5.41) is 3.07. The lowest BCUT2D eigenvalue weighted by atomic mass is 9.92. The molecule has 0 saturated heterocycles. The van der Waals surface area contributed by atoms with Gasteiger partial charge in [-0.15, -0.1) is 0 Å². The van der Waals surface area contributed by atoms with E-state index in [9.17, 15) is 18.0 Å². The molecule has 1 fully saturated rings. The molecule has 1 aliphatic carbocycles. The number of hydrogen-bond donors (Lipinski definition) is 2. The van der Waals surface area contributed by atoms with Crippen molar-refractivity contribution in [3.63, 3.8) is 0 Å². The van der Waals surface area contributed by atoms with Crippen molar-refractivity contribution in [2.45, 2.75) is 43.9 Å². The average molecular weight is 289 g/mol. The Kier molecular flexibility index (Phi) is 4.08. The second kappa shape index (κ2) is 5.47. The number of anilines is 1. The quantitative estimate of drug-likeness (QED) is 0.876. The minimum Gasteiger partial charge on any atom is -0.381 e. The predicted octanol–water partition coefficient (Wildman–Crippen LogP) is 2.09. The first-order valence-corrected chi connectivity index (χ1v) is 6.57. The number of halogens is 3. The Labute approximate surface area is 114 Å². The fourth-order valence-electron chi connectivity index (χ4n) is 2.49. The lowest BCUT2D eigenvalue weighted by molar-refractivity contribution is -0.138. The molecule has 0 bridgehead atoms. The highest BCUT2D eigenvalue weighted by atomic mass is 19.4. The molecule has 0 aliphatic heterocycles. The maximum absolute atomic E-state index is 12.8. The van der Waals surface area contributed by atoms with Gasteiger partial charge in [0.25, 0.3) is 5.56 Å². The van der Waals surface area contributed by atoms with Crippen LogP contribution in [0.25, 0.3) is 0 Å². The van der Waals surface area contributed by atoms with E-state index in [4.69, 9.17) is 5.73 Å². The molecule has 0 aromatic carbocycles. The van der Waals surface area contributed by atoms with Crippen LogP contribution in [0.2, 0.25) is 0 Å². The smallest absolute Gasteiger partial charge is 0.381 e. The normalized spacial score (nSPS) is 23.6. The lowest BCUT2D eigenvalue weighted by Crippen LogP contribution is -2.33. The zero-order valence-corrected chi connectivity index (χ0v) is 11.2. The monoisotopic (exact) mass is 289 g/mol. The van der Waals surface area contributed by atoms with Crippen molar-refractivity contribution in [2.75, 3.05) is 5.32 Å². The minimum atomic E-state index is -4.64. The maximum Gasteiger partial charge on any atom is 0.421 e. The zero-order chi connectivity index (χ0) is 14.9. The number of nitrogens with one attached hydrogen (secondary N) is 1. The van der Waals surface area contributed by atoms with Gasteiger partial charge in [-0.3, -0.25) is 4.79 Å². The van der Waals surface area contributed by atoms with Crippen LogP contribution < -0.4 is 16.6 Å². The van der Waals surface area contributed by atoms with Gasteiger partial charge in [-0.2, -0.15) is 13.2 Å². The van der Waals surface area contributed by atoms with Crippen LogP contribution in [0, 0.1) is 0 Å². The third kappa shape index (κ3) is 3.33. The van der Waals surface area contributed by atoms with E-state index in [1.54, 1.807) is 0 Å². The van der Waals surface area contributed by atoms with Crippen LogP contribution in [0.1, 0.15) is 31.2 Å². The van der Waals surface area contributed by atoms with E-state index in [2.05, 4.69) is 5.32 Å². The van der Waals surface area contributed by atoms with Gasteiger partial charge in [0, 0.05) is 25.3 Å². The summed E-state index contributed by atoms with van der Waals surface area (Å²) >= 11 is 0. The predicted molar refractivity (Wildman–Crippen MR) is 70.5 cm³/mol. The Hall–Kier alpha value is -1.50. The SMILES string of the molecule is Cn1cc(NC2CCC(N)CC2)cc(C(F)(F)F)c1=O. The molecule has 1 aromatic heterocycles. The number of aryl methyl sites for hydroxylation is 1. The Morgan fingerprint density at radius 2 is 1.90 bits per heavy atom. The Balaban J connectivity index is 2.21. The third-order valence-electron chi connectivity index (χ3n) is 3.63. The molecule has 0 atom stereocenters. The van der Waals surface area contributed by atoms with Crippen molar-refractivity contribution in [2.24, 2.45) is 12.8 Å². The second-order valence-electron chi connectivity index (χ2n) is 5.31. The molecule has 7 heteroatoms. The fraction of sp³-hybridized carbons (Fsp3) is 0.615. The summed E-state index contributed by atoms with van der Waals surface area (Å²) in [5.74, 6) is 0. The summed E-state index contributed by atoms with van der Waals surface area (Å²) in [6.45, 7) is 0. The molecular formula is C13H18F3N3O. The number of nitrogens with zero attached hydrogens (tertiary/aromatic N) is 1. The van der Waals surface area contributed by atoms with Crippen LogP contribution in [-0.2, 0) is 13.2 Å². The van der Waals surface area contributed by atoms with Crippen LogP contribution in [0.4, 0.5) is 18.9 Å². The molecule has 2 rings (SSSR count). The summed E-state index contributed by atoms with van der Waals surface area (Å²) in [4.78, 5) is 11.5. The number of alkyl halides is 3. The van der Waals surface area contributed by atoms with E-state index in [1.807, 2.05) is 0 Å². The summed E-state index contributed by atoms with van der Waals surface area (Å²) in [7, 11) is 1.32. The summed E-state index contributed by atoms with van der Waals surface area (Å²) in [5.41, 5.74) is 3.94. The van der Waals surface area contributed by atoms with Crippen molar-refractivity contribution >= 4 is 5.69 Å². The number of nitrogens with two attached hydrogens (primary N) is 1. The van der Waals surface area contributed by atoms with Crippen LogP contribution in [0.5, 0.6) is 0 Å². The molecule has 112 valence electrons. The standard InChI is InChI=1S/C13H18F3N3O/c1-19-7-10(6-11(12(19)20)13(14,15)16)18-9-4-2-8(17)3-5-9/h6-9,18H,2-5,17H2,1H3. The molecule has 1 aliphatic rings. The molecular weight excluding hydrogens is 271 g/mol. The van der Waals surface area contributed by atoms with Crippen molar-refractivity contribution in [3.8, 4) is 0 Å². The third-order valence-corrected chi connectivity index (χ3v) is 3.63.